The van der Waals surface area contributed by atoms with Gasteiger partial charge in [-0.25, -0.2) is 0 Å². The summed E-state index contributed by atoms with van der Waals surface area (Å²) in [6, 6.07) is 1.79. The second kappa shape index (κ2) is 5.38. The van der Waals surface area contributed by atoms with Gasteiger partial charge in [-0.2, -0.15) is 11.8 Å². The normalized spacial score (nSPS) is 18.2. The van der Waals surface area contributed by atoms with Crippen LogP contribution < -0.4 is 11.3 Å². The topological polar surface area (TPSA) is 71.2 Å². The molecule has 5 nitrogen and oxygen atoms in total. The fraction of sp³-hybridized carbons (Fsp3) is 0.538. The third-order valence-electron chi connectivity index (χ3n) is 3.14. The number of nitrogens with one attached hydrogen (secondary N) is 1. The fourth-order valence-electron chi connectivity index (χ4n) is 2.21. The number of nitrogens with zero attached hydrogens (tertiary/aromatic N) is 2. The average molecular weight is 280 g/mol. The Labute approximate surface area is 117 Å². The van der Waals surface area contributed by atoms with E-state index in [1.165, 1.54) is 0 Å². The number of hydrogen-bond donors (Lipinski definition) is 2. The molecule has 0 spiro atoms. The maximum atomic E-state index is 12.6. The van der Waals surface area contributed by atoms with Crippen molar-refractivity contribution in [1.29, 1.82) is 0 Å². The van der Waals surface area contributed by atoms with Crippen molar-refractivity contribution in [1.82, 2.24) is 9.88 Å². The molecule has 1 aliphatic heterocycles. The number of anilines is 1. The number of hydrogen-bond acceptors (Lipinski definition) is 5. The van der Waals surface area contributed by atoms with E-state index in [-0.39, 0.29) is 10.7 Å². The van der Waals surface area contributed by atoms with Crippen LogP contribution in [0, 0.1) is 6.92 Å². The molecule has 1 amide bonds. The van der Waals surface area contributed by atoms with E-state index >= 15 is 0 Å². The van der Waals surface area contributed by atoms with Crippen molar-refractivity contribution in [2.24, 2.45) is 5.84 Å². The van der Waals surface area contributed by atoms with Crippen LogP contribution in [0.15, 0.2) is 12.3 Å². The number of aryl methyl sites for hydroxylation is 1. The maximum absolute atomic E-state index is 12.6. The minimum atomic E-state index is -0.00572. The van der Waals surface area contributed by atoms with E-state index in [2.05, 4.69) is 24.3 Å². The standard InChI is InChI=1S/C13H20N4OS/c1-9-6-11(16-14)10(7-15-9)12(18)17-4-5-19-13(2,3)8-17/h6-7H,4-5,8,14H2,1-3H3,(H,15,16). The van der Waals surface area contributed by atoms with Crippen molar-refractivity contribution in [3.8, 4) is 0 Å². The quantitative estimate of drug-likeness (QED) is 0.636. The van der Waals surface area contributed by atoms with E-state index in [0.717, 1.165) is 24.5 Å². The first-order valence-electron chi connectivity index (χ1n) is 6.29. The average Bonchev–Trinajstić information content (AvgIpc) is 2.36. The van der Waals surface area contributed by atoms with Crippen LogP contribution in [-0.4, -0.2) is 39.4 Å². The Balaban J connectivity index is 2.24. The predicted octanol–water partition coefficient (Wildman–Crippen LogP) is 1.64. The van der Waals surface area contributed by atoms with Crippen LogP contribution in [0.25, 0.3) is 0 Å². The van der Waals surface area contributed by atoms with Crippen LogP contribution in [0.5, 0.6) is 0 Å². The summed E-state index contributed by atoms with van der Waals surface area (Å²) in [5, 5.41) is 0. The zero-order valence-electron chi connectivity index (χ0n) is 11.6. The van der Waals surface area contributed by atoms with Crippen molar-refractivity contribution in [2.45, 2.75) is 25.5 Å². The SMILES string of the molecule is Cc1cc(NN)c(C(=O)N2CCSC(C)(C)C2)cn1. The molecule has 0 unspecified atom stereocenters. The molecule has 1 aliphatic rings. The van der Waals surface area contributed by atoms with Gasteiger partial charge in [0.2, 0.25) is 0 Å². The van der Waals surface area contributed by atoms with Gasteiger partial charge < -0.3 is 10.3 Å². The van der Waals surface area contributed by atoms with E-state index in [1.807, 2.05) is 23.6 Å². The van der Waals surface area contributed by atoms with Crippen molar-refractivity contribution in [2.75, 3.05) is 24.3 Å². The number of thioether (sulfide) groups is 1. The molecule has 0 bridgehead atoms. The zero-order chi connectivity index (χ0) is 14.0. The Morgan fingerprint density at radius 3 is 2.95 bits per heavy atom. The molecule has 0 saturated carbocycles. The summed E-state index contributed by atoms with van der Waals surface area (Å²) in [6.07, 6.45) is 1.60. The van der Waals surface area contributed by atoms with E-state index < -0.39 is 0 Å². The third-order valence-corrected chi connectivity index (χ3v) is 4.44. The number of rotatable bonds is 2. The van der Waals surface area contributed by atoms with Gasteiger partial charge in [-0.05, 0) is 26.8 Å². The number of aromatic nitrogens is 1. The number of hydrazine groups is 1. The second-order valence-electron chi connectivity index (χ2n) is 5.35. The summed E-state index contributed by atoms with van der Waals surface area (Å²) < 4.78 is 0.0995. The Morgan fingerprint density at radius 1 is 1.58 bits per heavy atom. The highest BCUT2D eigenvalue weighted by molar-refractivity contribution is 8.00. The van der Waals surface area contributed by atoms with Crippen LogP contribution in [0.1, 0.15) is 29.9 Å². The van der Waals surface area contributed by atoms with Crippen LogP contribution in [0.2, 0.25) is 0 Å². The van der Waals surface area contributed by atoms with E-state index in [9.17, 15) is 4.79 Å². The molecule has 1 fully saturated rings. The lowest BCUT2D eigenvalue weighted by molar-refractivity contribution is 0.0748. The van der Waals surface area contributed by atoms with Crippen LogP contribution in [-0.2, 0) is 0 Å². The molecule has 1 saturated heterocycles. The Kier molecular flexibility index (Phi) is 4.01. The highest BCUT2D eigenvalue weighted by Gasteiger charge is 2.31. The number of nitrogen functional groups attached to an aromatic ring is 1. The van der Waals surface area contributed by atoms with Gasteiger partial charge in [0.25, 0.3) is 5.91 Å². The molecule has 1 aromatic heterocycles. The lowest BCUT2D eigenvalue weighted by Crippen LogP contribution is -2.46. The summed E-state index contributed by atoms with van der Waals surface area (Å²) in [7, 11) is 0. The molecular formula is C13H20N4OS. The van der Waals surface area contributed by atoms with E-state index in [1.54, 1.807) is 12.3 Å². The second-order valence-corrected chi connectivity index (χ2v) is 7.15. The first kappa shape index (κ1) is 14.1. The number of nitrogens with two attached hydrogens (primary N) is 1. The predicted molar refractivity (Wildman–Crippen MR) is 79.2 cm³/mol. The van der Waals surface area contributed by atoms with Crippen LogP contribution >= 0.6 is 11.8 Å². The monoisotopic (exact) mass is 280 g/mol. The highest BCUT2D eigenvalue weighted by Crippen LogP contribution is 2.30. The summed E-state index contributed by atoms with van der Waals surface area (Å²) in [6.45, 7) is 7.70. The maximum Gasteiger partial charge on any atom is 0.257 e. The zero-order valence-corrected chi connectivity index (χ0v) is 12.4. The molecule has 0 aliphatic carbocycles. The smallest absolute Gasteiger partial charge is 0.257 e. The molecule has 0 aromatic carbocycles. The Bertz CT molecular complexity index is 490. The van der Waals surface area contributed by atoms with Gasteiger partial charge >= 0.3 is 0 Å². The van der Waals surface area contributed by atoms with Crippen molar-refractivity contribution < 1.29 is 4.79 Å². The van der Waals surface area contributed by atoms with Gasteiger partial charge in [0.05, 0.1) is 11.3 Å². The van der Waals surface area contributed by atoms with Crippen LogP contribution in [0.3, 0.4) is 0 Å². The van der Waals surface area contributed by atoms with Crippen LogP contribution in [0.4, 0.5) is 5.69 Å². The van der Waals surface area contributed by atoms with E-state index in [4.69, 9.17) is 5.84 Å². The highest BCUT2D eigenvalue weighted by atomic mass is 32.2. The lowest BCUT2D eigenvalue weighted by Gasteiger charge is -2.37. The molecule has 6 heteroatoms. The largest absolute Gasteiger partial charge is 0.336 e. The lowest BCUT2D eigenvalue weighted by atomic mass is 10.1. The van der Waals surface area contributed by atoms with Gasteiger partial charge in [-0.15, -0.1) is 0 Å². The van der Waals surface area contributed by atoms with Gasteiger partial charge in [-0.1, -0.05) is 0 Å². The van der Waals surface area contributed by atoms with Gasteiger partial charge in [0.15, 0.2) is 0 Å². The first-order chi connectivity index (χ1) is 8.93. The van der Waals surface area contributed by atoms with Crippen molar-refractivity contribution in [3.05, 3.63) is 23.5 Å². The Hall–Kier alpha value is -1.27. The fourth-order valence-corrected chi connectivity index (χ4v) is 3.32. The number of carbonyl (C=O) groups is 1. The van der Waals surface area contributed by atoms with Gasteiger partial charge in [0, 0.05) is 35.5 Å². The van der Waals surface area contributed by atoms with Gasteiger partial charge in [-0.3, -0.25) is 15.6 Å². The molecule has 0 radical (unpaired) electrons. The van der Waals surface area contributed by atoms with Crippen molar-refractivity contribution >= 4 is 23.4 Å². The summed E-state index contributed by atoms with van der Waals surface area (Å²) in [5.74, 6) is 6.44. The summed E-state index contributed by atoms with van der Waals surface area (Å²) in [5.41, 5.74) is 4.59. The van der Waals surface area contributed by atoms with Gasteiger partial charge in [0.1, 0.15) is 0 Å². The molecule has 1 aromatic rings. The summed E-state index contributed by atoms with van der Waals surface area (Å²) >= 11 is 1.90. The minimum absolute atomic E-state index is 0.00572. The number of pyridine rings is 1. The minimum Gasteiger partial charge on any atom is -0.336 e. The Morgan fingerprint density at radius 2 is 2.32 bits per heavy atom. The first-order valence-corrected chi connectivity index (χ1v) is 7.28. The third kappa shape index (κ3) is 3.19. The molecule has 2 rings (SSSR count). The number of amides is 1. The summed E-state index contributed by atoms with van der Waals surface area (Å²) in [4.78, 5) is 18.6. The molecule has 104 valence electrons. The van der Waals surface area contributed by atoms with E-state index in [0.29, 0.717) is 11.3 Å². The number of carbonyl (C=O) groups excluding carboxylic acids is 1. The molecule has 19 heavy (non-hydrogen) atoms. The molecule has 3 N–H and O–H groups in total. The molecule has 0 atom stereocenters. The van der Waals surface area contributed by atoms with Crippen molar-refractivity contribution in [3.63, 3.8) is 0 Å². The molecule has 2 heterocycles. The molecular weight excluding hydrogens is 260 g/mol.